The number of nitrogens with two attached hydrogens (primary N) is 1. The molecule has 1 unspecified atom stereocenters. The zero-order valence-electron chi connectivity index (χ0n) is 11.1. The minimum absolute atomic E-state index is 0.00738. The summed E-state index contributed by atoms with van der Waals surface area (Å²) in [6.45, 7) is 4.57. The minimum Gasteiger partial charge on any atom is -0.388 e. The molecular formula is C11H23N3O3S. The number of rotatable bonds is 7. The molecular weight excluding hydrogens is 254 g/mol. The molecule has 1 atom stereocenters. The fourth-order valence-corrected chi connectivity index (χ4v) is 3.99. The van der Waals surface area contributed by atoms with Gasteiger partial charge in [0.2, 0.25) is 10.0 Å². The van der Waals surface area contributed by atoms with E-state index in [-0.39, 0.29) is 36.7 Å². The van der Waals surface area contributed by atoms with Gasteiger partial charge in [-0.25, -0.2) is 8.42 Å². The maximum atomic E-state index is 12.3. The molecule has 1 aliphatic heterocycles. The highest BCUT2D eigenvalue weighted by atomic mass is 32.2. The molecule has 0 saturated carbocycles. The standard InChI is InChI=1S/C11H23N3O3S/c1-9(2)14(6-5-11(12)13)18(15,16)8-10-4-3-7-17-10/h9-10H,3-8H2,1-2H3,(H3,12,13). The number of nitrogens with zero attached hydrogens (tertiary/aromatic N) is 1. The molecule has 0 aromatic rings. The Kier molecular flexibility index (Phi) is 5.55. The van der Waals surface area contributed by atoms with Gasteiger partial charge in [-0.05, 0) is 26.7 Å². The number of sulfonamides is 1. The Morgan fingerprint density at radius 2 is 2.22 bits per heavy atom. The third-order valence-corrected chi connectivity index (χ3v) is 5.07. The van der Waals surface area contributed by atoms with E-state index in [1.54, 1.807) is 0 Å². The van der Waals surface area contributed by atoms with Gasteiger partial charge >= 0.3 is 0 Å². The summed E-state index contributed by atoms with van der Waals surface area (Å²) in [5.41, 5.74) is 5.28. The highest BCUT2D eigenvalue weighted by Gasteiger charge is 2.30. The molecule has 0 aliphatic carbocycles. The summed E-state index contributed by atoms with van der Waals surface area (Å²) in [4.78, 5) is 0. The lowest BCUT2D eigenvalue weighted by molar-refractivity contribution is 0.126. The van der Waals surface area contributed by atoms with Gasteiger partial charge in [0.15, 0.2) is 0 Å². The number of amidine groups is 1. The van der Waals surface area contributed by atoms with Gasteiger partial charge in [-0.2, -0.15) is 4.31 Å². The largest absolute Gasteiger partial charge is 0.388 e. The molecule has 0 aromatic heterocycles. The Morgan fingerprint density at radius 3 is 2.67 bits per heavy atom. The van der Waals surface area contributed by atoms with Crippen LogP contribution in [-0.2, 0) is 14.8 Å². The van der Waals surface area contributed by atoms with Crippen molar-refractivity contribution in [3.8, 4) is 0 Å². The minimum atomic E-state index is -3.34. The molecule has 18 heavy (non-hydrogen) atoms. The average Bonchev–Trinajstić information content (AvgIpc) is 2.67. The number of hydrogen-bond donors (Lipinski definition) is 2. The molecule has 106 valence electrons. The Morgan fingerprint density at radius 1 is 1.56 bits per heavy atom. The molecule has 7 heteroatoms. The Hall–Kier alpha value is -0.660. The van der Waals surface area contributed by atoms with E-state index in [2.05, 4.69) is 0 Å². The van der Waals surface area contributed by atoms with Crippen molar-refractivity contribution in [2.45, 2.75) is 45.3 Å². The quantitative estimate of drug-likeness (QED) is 0.524. The molecule has 3 N–H and O–H groups in total. The maximum Gasteiger partial charge on any atom is 0.216 e. The number of hydrogen-bond acceptors (Lipinski definition) is 4. The third-order valence-electron chi connectivity index (χ3n) is 2.96. The van der Waals surface area contributed by atoms with Crippen LogP contribution in [0.2, 0.25) is 0 Å². The van der Waals surface area contributed by atoms with Crippen LogP contribution in [0.15, 0.2) is 0 Å². The van der Waals surface area contributed by atoms with Crippen LogP contribution < -0.4 is 5.73 Å². The van der Waals surface area contributed by atoms with Gasteiger partial charge in [-0.15, -0.1) is 0 Å². The molecule has 6 nitrogen and oxygen atoms in total. The van der Waals surface area contributed by atoms with E-state index in [4.69, 9.17) is 15.9 Å². The van der Waals surface area contributed by atoms with Gasteiger partial charge in [0.05, 0.1) is 17.7 Å². The van der Waals surface area contributed by atoms with Gasteiger partial charge in [0.1, 0.15) is 0 Å². The number of ether oxygens (including phenoxy) is 1. The summed E-state index contributed by atoms with van der Waals surface area (Å²) in [6.07, 6.45) is 1.81. The van der Waals surface area contributed by atoms with Gasteiger partial charge < -0.3 is 10.5 Å². The fraction of sp³-hybridized carbons (Fsp3) is 0.909. The van der Waals surface area contributed by atoms with E-state index in [1.807, 2.05) is 13.8 Å². The Bertz CT molecular complexity index is 375. The van der Waals surface area contributed by atoms with Crippen molar-refractivity contribution in [3.05, 3.63) is 0 Å². The highest BCUT2D eigenvalue weighted by molar-refractivity contribution is 7.89. The van der Waals surface area contributed by atoms with Gasteiger partial charge in [-0.1, -0.05) is 0 Å². The summed E-state index contributed by atoms with van der Waals surface area (Å²) < 4.78 is 31.3. The van der Waals surface area contributed by atoms with Crippen LogP contribution in [0.25, 0.3) is 0 Å². The summed E-state index contributed by atoms with van der Waals surface area (Å²) in [7, 11) is -3.34. The van der Waals surface area contributed by atoms with Gasteiger partial charge in [-0.3, -0.25) is 5.41 Å². The van der Waals surface area contributed by atoms with E-state index in [1.165, 1.54) is 4.31 Å². The lowest BCUT2D eigenvalue weighted by Crippen LogP contribution is -2.42. The van der Waals surface area contributed by atoms with Crippen LogP contribution in [0.3, 0.4) is 0 Å². The van der Waals surface area contributed by atoms with E-state index in [0.717, 1.165) is 12.8 Å². The number of nitrogens with one attached hydrogen (secondary N) is 1. The normalized spacial score (nSPS) is 20.8. The first-order valence-electron chi connectivity index (χ1n) is 6.27. The van der Waals surface area contributed by atoms with Crippen LogP contribution >= 0.6 is 0 Å². The Labute approximate surface area is 109 Å². The highest BCUT2D eigenvalue weighted by Crippen LogP contribution is 2.17. The van der Waals surface area contributed by atoms with E-state index < -0.39 is 10.0 Å². The van der Waals surface area contributed by atoms with Crippen molar-refractivity contribution in [1.29, 1.82) is 5.41 Å². The van der Waals surface area contributed by atoms with Crippen molar-refractivity contribution in [2.75, 3.05) is 18.9 Å². The molecule has 1 rings (SSSR count). The molecule has 1 aliphatic rings. The van der Waals surface area contributed by atoms with E-state index >= 15 is 0 Å². The maximum absolute atomic E-state index is 12.3. The predicted molar refractivity (Wildman–Crippen MR) is 71.1 cm³/mol. The average molecular weight is 277 g/mol. The topological polar surface area (TPSA) is 96.5 Å². The molecule has 1 heterocycles. The summed E-state index contributed by atoms with van der Waals surface area (Å²) in [5, 5.41) is 7.19. The van der Waals surface area contributed by atoms with Crippen molar-refractivity contribution in [3.63, 3.8) is 0 Å². The second-order valence-electron chi connectivity index (χ2n) is 4.89. The first kappa shape index (κ1) is 15.4. The van der Waals surface area contributed by atoms with E-state index in [0.29, 0.717) is 6.61 Å². The summed E-state index contributed by atoms with van der Waals surface area (Å²) in [6, 6.07) is -0.129. The Balaban J connectivity index is 2.66. The second kappa shape index (κ2) is 6.49. The van der Waals surface area contributed by atoms with Crippen LogP contribution in [0, 0.1) is 5.41 Å². The first-order valence-corrected chi connectivity index (χ1v) is 7.88. The van der Waals surface area contributed by atoms with E-state index in [9.17, 15) is 8.42 Å². The molecule has 0 radical (unpaired) electrons. The predicted octanol–water partition coefficient (Wildman–Crippen LogP) is 0.532. The van der Waals surface area contributed by atoms with Crippen molar-refractivity contribution < 1.29 is 13.2 Å². The summed E-state index contributed by atoms with van der Waals surface area (Å²) in [5.74, 6) is 0.0382. The lowest BCUT2D eigenvalue weighted by atomic mass is 10.3. The van der Waals surface area contributed by atoms with Crippen LogP contribution in [0.5, 0.6) is 0 Å². The molecule has 0 aromatic carbocycles. The van der Waals surface area contributed by atoms with Crippen LogP contribution in [0.4, 0.5) is 0 Å². The van der Waals surface area contributed by atoms with Crippen LogP contribution in [0.1, 0.15) is 33.1 Å². The monoisotopic (exact) mass is 277 g/mol. The fourth-order valence-electron chi connectivity index (χ4n) is 2.06. The zero-order valence-corrected chi connectivity index (χ0v) is 11.9. The van der Waals surface area contributed by atoms with Gasteiger partial charge in [0.25, 0.3) is 0 Å². The van der Waals surface area contributed by atoms with Gasteiger partial charge in [0, 0.05) is 25.6 Å². The second-order valence-corrected chi connectivity index (χ2v) is 6.86. The lowest BCUT2D eigenvalue weighted by Gasteiger charge is -2.26. The van der Waals surface area contributed by atoms with Crippen molar-refractivity contribution in [1.82, 2.24) is 4.31 Å². The smallest absolute Gasteiger partial charge is 0.216 e. The third kappa shape index (κ3) is 4.55. The molecule has 1 saturated heterocycles. The van der Waals surface area contributed by atoms with Crippen molar-refractivity contribution in [2.24, 2.45) is 5.73 Å². The molecule has 0 spiro atoms. The SMILES string of the molecule is CC(C)N(CCC(=N)N)S(=O)(=O)CC1CCCO1. The van der Waals surface area contributed by atoms with Crippen molar-refractivity contribution >= 4 is 15.9 Å². The first-order chi connectivity index (χ1) is 8.33. The zero-order chi connectivity index (χ0) is 13.8. The molecule has 0 bridgehead atoms. The van der Waals surface area contributed by atoms with Crippen LogP contribution in [-0.4, -0.2) is 49.6 Å². The molecule has 0 amide bonds. The molecule has 1 fully saturated rings. The summed E-state index contributed by atoms with van der Waals surface area (Å²) >= 11 is 0.